The van der Waals surface area contributed by atoms with Crippen molar-refractivity contribution in [3.8, 4) is 11.5 Å². The first kappa shape index (κ1) is 22.8. The molecule has 5 nitrogen and oxygen atoms in total. The number of hydrogen-bond donors (Lipinski definition) is 0. The lowest BCUT2D eigenvalue weighted by Gasteiger charge is -2.23. The minimum atomic E-state index is -4.50. The Balaban J connectivity index is 2.43. The van der Waals surface area contributed by atoms with Crippen LogP contribution in [0.4, 0.5) is 0 Å². The van der Waals surface area contributed by atoms with Crippen LogP contribution in [0.3, 0.4) is 0 Å². The Bertz CT molecular complexity index is 1180. The molecule has 0 aliphatic rings. The highest BCUT2D eigenvalue weighted by Crippen LogP contribution is 2.56. The lowest BCUT2D eigenvalue weighted by Crippen LogP contribution is -2.24. The highest BCUT2D eigenvalue weighted by molar-refractivity contribution is 8.01. The minimum Gasteiger partial charge on any atom is -0.496 e. The number of rotatable bonds is 7. The van der Waals surface area contributed by atoms with Crippen LogP contribution in [0.5, 0.6) is 11.5 Å². The molecule has 31 heavy (non-hydrogen) atoms. The summed E-state index contributed by atoms with van der Waals surface area (Å²) in [5, 5.41) is -0.0137. The van der Waals surface area contributed by atoms with Crippen LogP contribution < -0.4 is 14.8 Å². The Kier molecular flexibility index (Phi) is 6.68. The van der Waals surface area contributed by atoms with Crippen LogP contribution in [0.15, 0.2) is 60.7 Å². The van der Waals surface area contributed by atoms with Gasteiger partial charge in [-0.1, -0.05) is 60.1 Å². The predicted molar refractivity (Wildman–Crippen MR) is 123 cm³/mol. The third-order valence-electron chi connectivity index (χ3n) is 5.07. The average Bonchev–Trinajstić information content (AvgIpc) is 2.78. The van der Waals surface area contributed by atoms with Crippen molar-refractivity contribution < 1.29 is 23.6 Å². The van der Waals surface area contributed by atoms with Crippen molar-refractivity contribution in [2.75, 3.05) is 14.2 Å². The maximum Gasteiger partial charge on any atom is 0.256 e. The van der Waals surface area contributed by atoms with Gasteiger partial charge in [0.2, 0.25) is 11.0 Å². The number of aryl methyl sites for hydroxylation is 2. The molecule has 0 heterocycles. The number of halogens is 1. The summed E-state index contributed by atoms with van der Waals surface area (Å²) < 4.78 is 25.5. The van der Waals surface area contributed by atoms with E-state index in [4.69, 9.17) is 21.1 Å². The second-order valence-corrected chi connectivity index (χ2v) is 9.87. The van der Waals surface area contributed by atoms with Gasteiger partial charge >= 0.3 is 0 Å². The van der Waals surface area contributed by atoms with Crippen molar-refractivity contribution in [2.24, 2.45) is 0 Å². The molecule has 0 aliphatic heterocycles. The predicted octanol–water partition coefficient (Wildman–Crippen LogP) is 5.64. The van der Waals surface area contributed by atoms with E-state index < -0.39 is 18.2 Å². The molecule has 3 rings (SSSR count). The molecule has 0 bridgehead atoms. The van der Waals surface area contributed by atoms with Gasteiger partial charge in [0.05, 0.1) is 19.2 Å². The van der Waals surface area contributed by atoms with E-state index in [1.165, 1.54) is 38.5 Å². The molecule has 0 aliphatic carbocycles. The smallest absolute Gasteiger partial charge is 0.256 e. The summed E-state index contributed by atoms with van der Waals surface area (Å²) in [6, 6.07) is 16.3. The van der Waals surface area contributed by atoms with Gasteiger partial charge in [-0.3, -0.25) is 9.59 Å². The van der Waals surface area contributed by atoms with Crippen LogP contribution >= 0.6 is 18.7 Å². The van der Waals surface area contributed by atoms with Gasteiger partial charge in [0, 0.05) is 11.1 Å². The number of carbonyl (C=O) groups excluding carboxylic acids is 2. The Morgan fingerprint density at radius 1 is 0.806 bits per heavy atom. The average molecular weight is 457 g/mol. The van der Waals surface area contributed by atoms with E-state index in [1.807, 2.05) is 0 Å². The normalized spacial score (nSPS) is 12.7. The van der Waals surface area contributed by atoms with E-state index >= 15 is 0 Å². The molecule has 0 saturated heterocycles. The maximum atomic E-state index is 14.7. The summed E-state index contributed by atoms with van der Waals surface area (Å²) in [6.45, 7) is 3.48. The van der Waals surface area contributed by atoms with Crippen molar-refractivity contribution in [3.05, 3.63) is 87.9 Å². The summed E-state index contributed by atoms with van der Waals surface area (Å²) in [4.78, 5) is 27.6. The molecule has 160 valence electrons. The molecular weight excluding hydrogens is 435 g/mol. The molecule has 0 fully saturated rings. The zero-order valence-corrected chi connectivity index (χ0v) is 19.3. The van der Waals surface area contributed by atoms with Gasteiger partial charge in [-0.2, -0.15) is 0 Å². The first-order valence-corrected chi connectivity index (χ1v) is 11.6. The van der Waals surface area contributed by atoms with Gasteiger partial charge in [-0.25, -0.2) is 0 Å². The van der Waals surface area contributed by atoms with Crippen LogP contribution in [-0.2, 0) is 4.57 Å². The van der Waals surface area contributed by atoms with Gasteiger partial charge in [0.15, 0.2) is 5.75 Å². The van der Waals surface area contributed by atoms with E-state index in [1.54, 1.807) is 50.2 Å². The molecule has 0 saturated carbocycles. The van der Waals surface area contributed by atoms with Gasteiger partial charge in [0.25, 0.3) is 7.14 Å². The summed E-state index contributed by atoms with van der Waals surface area (Å²) in [5.41, 5.74) is 0.0289. The van der Waals surface area contributed by atoms with Crippen LogP contribution in [0, 0.1) is 13.8 Å². The summed E-state index contributed by atoms with van der Waals surface area (Å²) >= 11 is 6.30. The Hall–Kier alpha value is -2.88. The van der Waals surface area contributed by atoms with Crippen LogP contribution in [0.2, 0.25) is 5.02 Å². The fourth-order valence-electron chi connectivity index (χ4n) is 3.55. The maximum absolute atomic E-state index is 14.7. The molecule has 3 aromatic carbocycles. The highest BCUT2D eigenvalue weighted by atomic mass is 35.5. The van der Waals surface area contributed by atoms with Crippen molar-refractivity contribution in [1.82, 2.24) is 0 Å². The molecule has 1 unspecified atom stereocenters. The van der Waals surface area contributed by atoms with Gasteiger partial charge in [-0.05, 0) is 37.1 Å². The van der Waals surface area contributed by atoms with Gasteiger partial charge in [0.1, 0.15) is 11.1 Å². The van der Waals surface area contributed by atoms with Crippen LogP contribution in [-0.4, -0.2) is 25.3 Å². The molecule has 1 atom stereocenters. The molecule has 0 aromatic heterocycles. The van der Waals surface area contributed by atoms with E-state index in [0.29, 0.717) is 11.1 Å². The fraction of sp³-hybridized carbons (Fsp3) is 0.167. The third kappa shape index (κ3) is 3.91. The lowest BCUT2D eigenvalue weighted by atomic mass is 10.0. The van der Waals surface area contributed by atoms with Crippen molar-refractivity contribution in [2.45, 2.75) is 13.8 Å². The van der Waals surface area contributed by atoms with E-state index in [-0.39, 0.29) is 33.0 Å². The number of hydrogen-bond acceptors (Lipinski definition) is 5. The zero-order valence-electron chi connectivity index (χ0n) is 17.6. The van der Waals surface area contributed by atoms with Crippen LogP contribution in [0.1, 0.15) is 31.8 Å². The number of carbonyl (C=O) groups is 2. The zero-order chi connectivity index (χ0) is 22.8. The Labute approximate surface area is 186 Å². The standard InChI is InChI=1S/C24H22ClO5P/c1-15-9-8-10-16(2)20(15)24(27)31(28,23(26)17-11-6-5-7-12-17)22-19(29-3)14-13-18(25)21(22)30-4/h5-14H,1-4H3. The molecule has 0 N–H and O–H groups in total. The third-order valence-corrected chi connectivity index (χ3v) is 8.05. The first-order chi connectivity index (χ1) is 14.8. The topological polar surface area (TPSA) is 69.7 Å². The number of ether oxygens (including phenoxy) is 2. The molecule has 7 heteroatoms. The largest absolute Gasteiger partial charge is 0.496 e. The van der Waals surface area contributed by atoms with E-state index in [9.17, 15) is 14.2 Å². The molecule has 0 radical (unpaired) electrons. The number of benzene rings is 3. The molecule has 3 aromatic rings. The molecule has 0 spiro atoms. The second-order valence-electron chi connectivity index (χ2n) is 6.98. The van der Waals surface area contributed by atoms with Crippen LogP contribution in [0.25, 0.3) is 0 Å². The van der Waals surface area contributed by atoms with Crippen molar-refractivity contribution >= 4 is 35.1 Å². The van der Waals surface area contributed by atoms with E-state index in [0.717, 1.165) is 0 Å². The monoisotopic (exact) mass is 456 g/mol. The fourth-order valence-corrected chi connectivity index (χ4v) is 6.60. The summed E-state index contributed by atoms with van der Waals surface area (Å²) in [7, 11) is -1.79. The SMILES string of the molecule is COc1ccc(Cl)c(OC)c1P(=O)(C(=O)c1ccccc1)C(=O)c1c(C)cccc1C. The first-order valence-electron chi connectivity index (χ1n) is 9.49. The Morgan fingerprint density at radius 3 is 1.97 bits per heavy atom. The van der Waals surface area contributed by atoms with Crippen molar-refractivity contribution in [3.63, 3.8) is 0 Å². The lowest BCUT2D eigenvalue weighted by molar-refractivity contribution is 0.104. The van der Waals surface area contributed by atoms with Gasteiger partial charge < -0.3 is 14.0 Å². The second kappa shape index (κ2) is 9.09. The highest BCUT2D eigenvalue weighted by Gasteiger charge is 2.48. The Morgan fingerprint density at radius 2 is 1.42 bits per heavy atom. The summed E-state index contributed by atoms with van der Waals surface area (Å²) in [5.74, 6) is 0.0710. The molecule has 0 amide bonds. The van der Waals surface area contributed by atoms with E-state index in [2.05, 4.69) is 0 Å². The molecular formula is C24H22ClO5P. The summed E-state index contributed by atoms with van der Waals surface area (Å²) in [6.07, 6.45) is 0. The van der Waals surface area contributed by atoms with Gasteiger partial charge in [-0.15, -0.1) is 0 Å². The quantitative estimate of drug-likeness (QED) is 0.430. The van der Waals surface area contributed by atoms with Crippen molar-refractivity contribution in [1.29, 1.82) is 0 Å². The minimum absolute atomic E-state index is 0.0202. The number of methoxy groups -OCH3 is 2.